The van der Waals surface area contributed by atoms with Crippen molar-refractivity contribution in [2.45, 2.75) is 26.3 Å². The summed E-state index contributed by atoms with van der Waals surface area (Å²) in [6, 6.07) is 13.8. The summed E-state index contributed by atoms with van der Waals surface area (Å²) in [5.74, 6) is 1.09. The molecule has 0 atom stereocenters. The quantitative estimate of drug-likeness (QED) is 0.884. The van der Waals surface area contributed by atoms with Gasteiger partial charge in [-0.25, -0.2) is 0 Å². The molecule has 0 spiro atoms. The fourth-order valence-corrected chi connectivity index (χ4v) is 2.64. The van der Waals surface area contributed by atoms with Gasteiger partial charge in [0.2, 0.25) is 0 Å². The highest BCUT2D eigenvalue weighted by Gasteiger charge is 2.27. The van der Waals surface area contributed by atoms with E-state index in [9.17, 15) is 4.79 Å². The molecule has 0 saturated carbocycles. The van der Waals surface area contributed by atoms with Crippen LogP contribution in [0, 0.1) is 0 Å². The van der Waals surface area contributed by atoms with Crippen LogP contribution in [0.25, 0.3) is 0 Å². The van der Waals surface area contributed by atoms with Gasteiger partial charge in [0.05, 0.1) is 12.2 Å². The number of nitrogens with two attached hydrogens (primary N) is 1. The third kappa shape index (κ3) is 2.64. The van der Waals surface area contributed by atoms with Crippen LogP contribution in [-0.2, 0) is 11.3 Å². The van der Waals surface area contributed by atoms with Crippen LogP contribution in [-0.4, -0.2) is 12.5 Å². The lowest BCUT2D eigenvalue weighted by Crippen LogP contribution is -2.38. The van der Waals surface area contributed by atoms with Crippen molar-refractivity contribution in [3.8, 4) is 5.75 Å². The molecule has 4 nitrogen and oxygen atoms in total. The molecule has 114 valence electrons. The Labute approximate surface area is 130 Å². The van der Waals surface area contributed by atoms with Crippen molar-refractivity contribution in [1.82, 2.24) is 0 Å². The molecule has 2 N–H and O–H groups in total. The lowest BCUT2D eigenvalue weighted by Gasteiger charge is -2.30. The zero-order valence-electron chi connectivity index (χ0n) is 12.9. The van der Waals surface area contributed by atoms with Gasteiger partial charge in [-0.15, -0.1) is 0 Å². The van der Waals surface area contributed by atoms with E-state index in [1.807, 2.05) is 12.1 Å². The first kappa shape index (κ1) is 14.4. The van der Waals surface area contributed by atoms with Crippen LogP contribution in [0.4, 0.5) is 11.4 Å². The predicted molar refractivity (Wildman–Crippen MR) is 88.1 cm³/mol. The summed E-state index contributed by atoms with van der Waals surface area (Å²) in [5.41, 5.74) is 9.64. The number of anilines is 2. The summed E-state index contributed by atoms with van der Waals surface area (Å²) in [4.78, 5) is 13.9. The van der Waals surface area contributed by atoms with E-state index in [1.165, 1.54) is 5.56 Å². The molecule has 0 saturated heterocycles. The minimum Gasteiger partial charge on any atom is -0.481 e. The molecule has 0 aliphatic carbocycles. The smallest absolute Gasteiger partial charge is 0.265 e. The molecule has 0 aromatic heterocycles. The molecular weight excluding hydrogens is 276 g/mol. The average Bonchev–Trinajstić information content (AvgIpc) is 2.51. The summed E-state index contributed by atoms with van der Waals surface area (Å²) in [6.45, 7) is 4.89. The largest absolute Gasteiger partial charge is 0.481 e. The van der Waals surface area contributed by atoms with E-state index in [0.29, 0.717) is 29.6 Å². The molecule has 0 bridgehead atoms. The molecular formula is C18H20N2O2. The Morgan fingerprint density at radius 1 is 1.18 bits per heavy atom. The summed E-state index contributed by atoms with van der Waals surface area (Å²) >= 11 is 0. The van der Waals surface area contributed by atoms with Gasteiger partial charge >= 0.3 is 0 Å². The number of carbonyl (C=O) groups excluding carboxylic acids is 1. The van der Waals surface area contributed by atoms with Gasteiger partial charge in [0.15, 0.2) is 6.61 Å². The number of benzene rings is 2. The second-order valence-corrected chi connectivity index (χ2v) is 5.86. The number of hydrogen-bond donors (Lipinski definition) is 1. The zero-order chi connectivity index (χ0) is 15.7. The van der Waals surface area contributed by atoms with Crippen LogP contribution >= 0.6 is 0 Å². The number of nitrogens with zero attached hydrogens (tertiary/aromatic N) is 1. The van der Waals surface area contributed by atoms with Gasteiger partial charge in [0.25, 0.3) is 5.91 Å². The van der Waals surface area contributed by atoms with Gasteiger partial charge in [-0.3, -0.25) is 9.69 Å². The van der Waals surface area contributed by atoms with Gasteiger partial charge in [0.1, 0.15) is 11.4 Å². The van der Waals surface area contributed by atoms with Crippen molar-refractivity contribution < 1.29 is 9.53 Å². The minimum absolute atomic E-state index is 0.0561. The first-order chi connectivity index (χ1) is 10.6. The Hall–Kier alpha value is -2.49. The number of hydrogen-bond acceptors (Lipinski definition) is 3. The maximum atomic E-state index is 12.2. The first-order valence-corrected chi connectivity index (χ1v) is 7.46. The SMILES string of the molecule is CC(C)c1ccc(CN2C(=O)COc3cccc(N)c32)cc1. The van der Waals surface area contributed by atoms with Crippen molar-refractivity contribution in [1.29, 1.82) is 0 Å². The fraction of sp³-hybridized carbons (Fsp3) is 0.278. The van der Waals surface area contributed by atoms with E-state index in [0.717, 1.165) is 5.56 Å². The summed E-state index contributed by atoms with van der Waals surface area (Å²) in [6.07, 6.45) is 0. The Kier molecular flexibility index (Phi) is 3.75. The maximum Gasteiger partial charge on any atom is 0.265 e. The van der Waals surface area contributed by atoms with E-state index in [1.54, 1.807) is 11.0 Å². The Balaban J connectivity index is 1.90. The van der Waals surface area contributed by atoms with Crippen molar-refractivity contribution in [2.75, 3.05) is 17.2 Å². The number of fused-ring (bicyclic) bond motifs is 1. The number of amides is 1. The van der Waals surface area contributed by atoms with E-state index in [2.05, 4.69) is 38.1 Å². The van der Waals surface area contributed by atoms with E-state index in [4.69, 9.17) is 10.5 Å². The molecule has 1 heterocycles. The van der Waals surface area contributed by atoms with Gasteiger partial charge in [-0.2, -0.15) is 0 Å². The molecule has 2 aromatic carbocycles. The standard InChI is InChI=1S/C18H20N2O2/c1-12(2)14-8-6-13(7-9-14)10-20-17(21)11-22-16-5-3-4-15(19)18(16)20/h3-9,12H,10-11,19H2,1-2H3. The van der Waals surface area contributed by atoms with Crippen LogP contribution in [0.5, 0.6) is 5.75 Å². The molecule has 1 aliphatic rings. The van der Waals surface area contributed by atoms with Crippen LogP contribution < -0.4 is 15.4 Å². The maximum absolute atomic E-state index is 12.2. The molecule has 0 fully saturated rings. The van der Waals surface area contributed by atoms with Crippen molar-refractivity contribution in [3.05, 3.63) is 53.6 Å². The Morgan fingerprint density at radius 2 is 1.91 bits per heavy atom. The van der Waals surface area contributed by atoms with Crippen LogP contribution in [0.15, 0.2) is 42.5 Å². The summed E-state index contributed by atoms with van der Waals surface area (Å²) < 4.78 is 5.46. The summed E-state index contributed by atoms with van der Waals surface area (Å²) in [5, 5.41) is 0. The normalized spacial score (nSPS) is 14.0. The monoisotopic (exact) mass is 296 g/mol. The predicted octanol–water partition coefficient (Wildman–Crippen LogP) is 3.32. The number of para-hydroxylation sites is 1. The fourth-order valence-electron chi connectivity index (χ4n) is 2.64. The highest BCUT2D eigenvalue weighted by Crippen LogP contribution is 2.37. The minimum atomic E-state index is -0.0710. The number of carbonyl (C=O) groups is 1. The topological polar surface area (TPSA) is 55.6 Å². The molecule has 22 heavy (non-hydrogen) atoms. The zero-order valence-corrected chi connectivity index (χ0v) is 12.9. The first-order valence-electron chi connectivity index (χ1n) is 7.46. The van der Waals surface area contributed by atoms with E-state index in [-0.39, 0.29) is 12.5 Å². The number of rotatable bonds is 3. The van der Waals surface area contributed by atoms with Gasteiger partial charge in [-0.05, 0) is 29.2 Å². The molecule has 1 amide bonds. The lowest BCUT2D eigenvalue weighted by atomic mass is 10.0. The summed E-state index contributed by atoms with van der Waals surface area (Å²) in [7, 11) is 0. The average molecular weight is 296 g/mol. The molecule has 0 unspecified atom stereocenters. The second kappa shape index (κ2) is 5.72. The second-order valence-electron chi connectivity index (χ2n) is 5.86. The molecule has 1 aliphatic heterocycles. The van der Waals surface area contributed by atoms with Crippen LogP contribution in [0.1, 0.15) is 30.9 Å². The molecule has 0 radical (unpaired) electrons. The Bertz CT molecular complexity index is 693. The molecule has 4 heteroatoms. The van der Waals surface area contributed by atoms with E-state index < -0.39 is 0 Å². The molecule has 2 aromatic rings. The highest BCUT2D eigenvalue weighted by molar-refractivity contribution is 6.01. The van der Waals surface area contributed by atoms with Crippen molar-refractivity contribution in [3.63, 3.8) is 0 Å². The third-order valence-corrected chi connectivity index (χ3v) is 3.94. The number of nitrogen functional groups attached to an aromatic ring is 1. The van der Waals surface area contributed by atoms with E-state index >= 15 is 0 Å². The van der Waals surface area contributed by atoms with Gasteiger partial charge in [-0.1, -0.05) is 44.2 Å². The van der Waals surface area contributed by atoms with Crippen molar-refractivity contribution >= 4 is 17.3 Å². The third-order valence-electron chi connectivity index (χ3n) is 3.94. The molecule has 3 rings (SSSR count). The Morgan fingerprint density at radius 3 is 2.59 bits per heavy atom. The van der Waals surface area contributed by atoms with Crippen molar-refractivity contribution in [2.24, 2.45) is 0 Å². The highest BCUT2D eigenvalue weighted by atomic mass is 16.5. The lowest BCUT2D eigenvalue weighted by molar-refractivity contribution is -0.121. The van der Waals surface area contributed by atoms with Gasteiger partial charge < -0.3 is 10.5 Å². The van der Waals surface area contributed by atoms with Crippen LogP contribution in [0.2, 0.25) is 0 Å². The number of ether oxygens (including phenoxy) is 1. The van der Waals surface area contributed by atoms with Crippen LogP contribution in [0.3, 0.4) is 0 Å². The van der Waals surface area contributed by atoms with Gasteiger partial charge in [0, 0.05) is 0 Å².